The second-order valence-electron chi connectivity index (χ2n) is 6.96. The molecule has 0 aromatic heterocycles. The molecule has 0 heterocycles. The fourth-order valence-corrected chi connectivity index (χ4v) is 2.35. The van der Waals surface area contributed by atoms with Crippen LogP contribution in [0.15, 0.2) is 36.4 Å². The molecule has 6 heteroatoms. The van der Waals surface area contributed by atoms with Crippen molar-refractivity contribution in [3.63, 3.8) is 0 Å². The molecule has 0 fully saturated rings. The van der Waals surface area contributed by atoms with E-state index in [2.05, 4.69) is 10.6 Å². The van der Waals surface area contributed by atoms with Crippen LogP contribution in [0.4, 0.5) is 20.6 Å². The molecule has 0 saturated carbocycles. The minimum atomic E-state index is -0.581. The molecular weight excluding hydrogens is 335 g/mol. The highest BCUT2D eigenvalue weighted by Gasteiger charge is 2.16. The number of aryl methyl sites for hydroxylation is 1. The summed E-state index contributed by atoms with van der Waals surface area (Å²) in [4.78, 5) is 22.8. The van der Waals surface area contributed by atoms with Crippen molar-refractivity contribution in [1.82, 2.24) is 0 Å². The molecule has 138 valence electrons. The van der Waals surface area contributed by atoms with E-state index in [0.717, 1.165) is 5.56 Å². The second kappa shape index (κ2) is 7.99. The van der Waals surface area contributed by atoms with Gasteiger partial charge in [0.1, 0.15) is 5.60 Å². The van der Waals surface area contributed by atoms with Crippen molar-refractivity contribution >= 4 is 23.8 Å². The number of benzene rings is 2. The van der Waals surface area contributed by atoms with Crippen molar-refractivity contribution in [1.29, 1.82) is 0 Å². The van der Waals surface area contributed by atoms with E-state index in [0.29, 0.717) is 24.1 Å². The Balaban J connectivity index is 2.05. The molecule has 1 amide bonds. The second-order valence-corrected chi connectivity index (χ2v) is 6.96. The molecule has 0 aliphatic rings. The van der Waals surface area contributed by atoms with Gasteiger partial charge >= 0.3 is 6.09 Å². The van der Waals surface area contributed by atoms with Gasteiger partial charge in [0, 0.05) is 12.2 Å². The van der Waals surface area contributed by atoms with Crippen LogP contribution in [0.3, 0.4) is 0 Å². The van der Waals surface area contributed by atoms with E-state index in [1.807, 2.05) is 6.07 Å². The summed E-state index contributed by atoms with van der Waals surface area (Å²) < 4.78 is 19.5. The average Bonchev–Trinajstić information content (AvgIpc) is 2.53. The molecule has 0 saturated heterocycles. The number of amides is 1. The molecule has 0 bridgehead atoms. The van der Waals surface area contributed by atoms with Crippen LogP contribution in [-0.4, -0.2) is 18.0 Å². The number of rotatable bonds is 5. The predicted molar refractivity (Wildman–Crippen MR) is 100 cm³/mol. The van der Waals surface area contributed by atoms with Crippen LogP contribution in [0.1, 0.15) is 42.3 Å². The SMILES string of the molecule is Cc1ccc(NCc2cccc(NC(=O)OC(C)(C)C)c2)c(F)c1C=O. The summed E-state index contributed by atoms with van der Waals surface area (Å²) in [6.45, 7) is 7.38. The first-order chi connectivity index (χ1) is 12.2. The average molecular weight is 358 g/mol. The van der Waals surface area contributed by atoms with Crippen molar-refractivity contribution in [2.75, 3.05) is 10.6 Å². The normalized spacial score (nSPS) is 11.0. The summed E-state index contributed by atoms with van der Waals surface area (Å²) in [6.07, 6.45) is -0.0240. The summed E-state index contributed by atoms with van der Waals surface area (Å²) in [5.74, 6) is -0.567. The lowest BCUT2D eigenvalue weighted by molar-refractivity contribution is 0.0636. The maximum absolute atomic E-state index is 14.3. The number of anilines is 2. The number of aldehydes is 1. The molecule has 0 aliphatic heterocycles. The summed E-state index contributed by atoms with van der Waals surface area (Å²) in [6, 6.07) is 10.4. The smallest absolute Gasteiger partial charge is 0.412 e. The third kappa shape index (κ3) is 5.31. The Hall–Kier alpha value is -2.89. The molecular formula is C20H23FN2O3. The van der Waals surface area contributed by atoms with E-state index in [1.54, 1.807) is 58.0 Å². The quantitative estimate of drug-likeness (QED) is 0.746. The van der Waals surface area contributed by atoms with Gasteiger partial charge in [-0.2, -0.15) is 0 Å². The van der Waals surface area contributed by atoms with Gasteiger partial charge in [0.15, 0.2) is 12.1 Å². The first kappa shape index (κ1) is 19.4. The van der Waals surface area contributed by atoms with Gasteiger partial charge in [-0.1, -0.05) is 18.2 Å². The maximum atomic E-state index is 14.3. The Morgan fingerprint density at radius 3 is 2.62 bits per heavy atom. The van der Waals surface area contributed by atoms with E-state index < -0.39 is 17.5 Å². The number of nitrogens with one attached hydrogen (secondary N) is 2. The lowest BCUT2D eigenvalue weighted by atomic mass is 10.1. The maximum Gasteiger partial charge on any atom is 0.412 e. The van der Waals surface area contributed by atoms with Gasteiger partial charge in [0.2, 0.25) is 0 Å². The fraction of sp³-hybridized carbons (Fsp3) is 0.300. The Kier molecular flexibility index (Phi) is 5.97. The molecule has 2 rings (SSSR count). The molecule has 2 aromatic rings. The minimum absolute atomic E-state index is 0.0512. The van der Waals surface area contributed by atoms with Crippen LogP contribution in [0, 0.1) is 12.7 Å². The zero-order valence-corrected chi connectivity index (χ0v) is 15.4. The number of ether oxygens (including phenoxy) is 1. The van der Waals surface area contributed by atoms with Crippen molar-refractivity contribution < 1.29 is 18.7 Å². The van der Waals surface area contributed by atoms with Crippen molar-refractivity contribution in [2.45, 2.75) is 39.8 Å². The zero-order valence-electron chi connectivity index (χ0n) is 15.4. The summed E-state index contributed by atoms with van der Waals surface area (Å²) in [7, 11) is 0. The van der Waals surface area contributed by atoms with E-state index in [-0.39, 0.29) is 11.3 Å². The molecule has 0 aliphatic carbocycles. The highest BCUT2D eigenvalue weighted by atomic mass is 19.1. The van der Waals surface area contributed by atoms with Gasteiger partial charge < -0.3 is 10.1 Å². The van der Waals surface area contributed by atoms with Crippen LogP contribution in [0.5, 0.6) is 0 Å². The zero-order chi connectivity index (χ0) is 19.3. The molecule has 0 unspecified atom stereocenters. The first-order valence-electron chi connectivity index (χ1n) is 8.26. The summed E-state index contributed by atoms with van der Waals surface area (Å²) >= 11 is 0. The molecule has 26 heavy (non-hydrogen) atoms. The van der Waals surface area contributed by atoms with E-state index in [4.69, 9.17) is 4.74 Å². The van der Waals surface area contributed by atoms with E-state index >= 15 is 0 Å². The number of carbonyl (C=O) groups excluding carboxylic acids is 2. The van der Waals surface area contributed by atoms with Crippen LogP contribution in [-0.2, 0) is 11.3 Å². The van der Waals surface area contributed by atoms with Crippen molar-refractivity contribution in [2.24, 2.45) is 0 Å². The van der Waals surface area contributed by atoms with Gasteiger partial charge in [-0.25, -0.2) is 9.18 Å². The van der Waals surface area contributed by atoms with E-state index in [9.17, 15) is 14.0 Å². The lowest BCUT2D eigenvalue weighted by Crippen LogP contribution is -2.27. The highest BCUT2D eigenvalue weighted by molar-refractivity contribution is 5.85. The number of carbonyl (C=O) groups is 2. The molecule has 2 aromatic carbocycles. The van der Waals surface area contributed by atoms with Gasteiger partial charge in [-0.05, 0) is 57.0 Å². The number of hydrogen-bond acceptors (Lipinski definition) is 4. The van der Waals surface area contributed by atoms with Gasteiger partial charge in [-0.15, -0.1) is 0 Å². The Morgan fingerprint density at radius 1 is 1.23 bits per heavy atom. The topological polar surface area (TPSA) is 67.4 Å². The van der Waals surface area contributed by atoms with Crippen molar-refractivity contribution in [3.8, 4) is 0 Å². The highest BCUT2D eigenvalue weighted by Crippen LogP contribution is 2.21. The molecule has 0 radical (unpaired) electrons. The van der Waals surface area contributed by atoms with Gasteiger partial charge in [0.25, 0.3) is 0 Å². The molecule has 0 spiro atoms. The van der Waals surface area contributed by atoms with Crippen LogP contribution in [0.2, 0.25) is 0 Å². The molecule has 0 atom stereocenters. The van der Waals surface area contributed by atoms with Gasteiger partial charge in [0.05, 0.1) is 11.3 Å². The first-order valence-corrected chi connectivity index (χ1v) is 8.26. The standard InChI is InChI=1S/C20H23FN2O3/c1-13-8-9-17(18(21)16(13)12-24)22-11-14-6-5-7-15(10-14)23-19(25)26-20(2,3)4/h5-10,12,22H,11H2,1-4H3,(H,23,25). The lowest BCUT2D eigenvalue weighted by Gasteiger charge is -2.19. The van der Waals surface area contributed by atoms with Crippen LogP contribution >= 0.6 is 0 Å². The third-order valence-corrected chi connectivity index (χ3v) is 3.57. The number of halogens is 1. The van der Waals surface area contributed by atoms with Gasteiger partial charge in [-0.3, -0.25) is 10.1 Å². The minimum Gasteiger partial charge on any atom is -0.444 e. The van der Waals surface area contributed by atoms with Crippen molar-refractivity contribution in [3.05, 3.63) is 58.9 Å². The monoisotopic (exact) mass is 358 g/mol. The Morgan fingerprint density at radius 2 is 1.96 bits per heavy atom. The Bertz CT molecular complexity index is 813. The van der Waals surface area contributed by atoms with Crippen LogP contribution < -0.4 is 10.6 Å². The number of hydrogen-bond donors (Lipinski definition) is 2. The molecule has 5 nitrogen and oxygen atoms in total. The predicted octanol–water partition coefficient (Wildman–Crippen LogP) is 4.91. The largest absolute Gasteiger partial charge is 0.444 e. The van der Waals surface area contributed by atoms with E-state index in [1.165, 1.54) is 0 Å². The molecule has 2 N–H and O–H groups in total. The summed E-state index contributed by atoms with van der Waals surface area (Å²) in [5, 5.41) is 5.64. The summed E-state index contributed by atoms with van der Waals surface area (Å²) in [5.41, 5.74) is 1.73. The third-order valence-electron chi connectivity index (χ3n) is 3.57. The fourth-order valence-electron chi connectivity index (χ4n) is 2.35. The van der Waals surface area contributed by atoms with Crippen LogP contribution in [0.25, 0.3) is 0 Å². The Labute approximate surface area is 152 Å².